The third-order valence-corrected chi connectivity index (χ3v) is 4.09. The zero-order valence-electron chi connectivity index (χ0n) is 12.1. The van der Waals surface area contributed by atoms with E-state index in [1.54, 1.807) is 17.5 Å². The van der Waals surface area contributed by atoms with E-state index in [1.165, 1.54) is 5.56 Å². The van der Waals surface area contributed by atoms with E-state index in [4.69, 9.17) is 0 Å². The molecule has 0 saturated heterocycles. The van der Waals surface area contributed by atoms with Crippen LogP contribution in [0.5, 0.6) is 0 Å². The summed E-state index contributed by atoms with van der Waals surface area (Å²) in [5.74, 6) is 0. The van der Waals surface area contributed by atoms with Crippen LogP contribution in [0.1, 0.15) is 17.0 Å². The number of pyridine rings is 1. The zero-order valence-corrected chi connectivity index (χ0v) is 12.9. The highest BCUT2D eigenvalue weighted by molar-refractivity contribution is 7.13. The minimum absolute atomic E-state index is 0.748. The molecule has 3 aromatic rings. The number of rotatable bonds is 5. The lowest BCUT2D eigenvalue weighted by molar-refractivity contribution is 0.680. The molecular weight excluding hydrogens is 282 g/mol. The van der Waals surface area contributed by atoms with Crippen LogP contribution in [-0.4, -0.2) is 19.7 Å². The highest BCUT2D eigenvalue weighted by Crippen LogP contribution is 2.21. The van der Waals surface area contributed by atoms with Gasteiger partial charge in [-0.15, -0.1) is 11.3 Å². The van der Waals surface area contributed by atoms with Crippen molar-refractivity contribution in [3.8, 4) is 10.7 Å². The van der Waals surface area contributed by atoms with Crippen molar-refractivity contribution >= 4 is 11.3 Å². The maximum atomic E-state index is 4.61. The quantitative estimate of drug-likeness (QED) is 0.786. The Kier molecular flexibility index (Phi) is 4.08. The molecule has 21 heavy (non-hydrogen) atoms. The monoisotopic (exact) mass is 299 g/mol. The van der Waals surface area contributed by atoms with E-state index in [1.807, 2.05) is 43.0 Å². The van der Waals surface area contributed by atoms with Crippen molar-refractivity contribution in [2.24, 2.45) is 7.05 Å². The first-order chi connectivity index (χ1) is 10.2. The van der Waals surface area contributed by atoms with Crippen LogP contribution in [0, 0.1) is 6.92 Å². The largest absolute Gasteiger partial charge is 0.307 e. The number of nitrogens with one attached hydrogen (secondary N) is 1. The summed E-state index contributed by atoms with van der Waals surface area (Å²) in [5.41, 5.74) is 4.26. The van der Waals surface area contributed by atoms with Gasteiger partial charge in [0.25, 0.3) is 0 Å². The van der Waals surface area contributed by atoms with Crippen molar-refractivity contribution in [2.75, 3.05) is 0 Å². The molecule has 0 amide bonds. The maximum Gasteiger partial charge on any atom is 0.142 e. The predicted octanol–water partition coefficient (Wildman–Crippen LogP) is 2.54. The number of thiazole rings is 1. The first-order valence-corrected chi connectivity index (χ1v) is 7.66. The van der Waals surface area contributed by atoms with E-state index in [0.29, 0.717) is 0 Å². The molecule has 0 aliphatic carbocycles. The number of aryl methyl sites for hydroxylation is 2. The van der Waals surface area contributed by atoms with Crippen molar-refractivity contribution in [3.63, 3.8) is 0 Å². The average Bonchev–Trinajstić information content (AvgIpc) is 3.07. The van der Waals surface area contributed by atoms with E-state index in [0.717, 1.165) is 35.2 Å². The summed E-state index contributed by atoms with van der Waals surface area (Å²) in [4.78, 5) is 8.93. The topological polar surface area (TPSA) is 55.6 Å². The van der Waals surface area contributed by atoms with E-state index in [9.17, 15) is 0 Å². The zero-order chi connectivity index (χ0) is 14.7. The Labute approximate surface area is 127 Å². The lowest BCUT2D eigenvalue weighted by atomic mass is 10.2. The number of hydrogen-bond acceptors (Lipinski definition) is 5. The van der Waals surface area contributed by atoms with Crippen molar-refractivity contribution in [3.05, 3.63) is 52.9 Å². The van der Waals surface area contributed by atoms with Gasteiger partial charge in [0.1, 0.15) is 5.01 Å². The number of hydrogen-bond donors (Lipinski definition) is 1. The van der Waals surface area contributed by atoms with Crippen LogP contribution in [0.2, 0.25) is 0 Å². The Balaban J connectivity index is 1.59. The molecule has 0 saturated carbocycles. The molecule has 0 aliphatic rings. The molecule has 3 heterocycles. The Hall–Kier alpha value is -2.05. The number of aromatic nitrogens is 4. The summed E-state index contributed by atoms with van der Waals surface area (Å²) < 4.78 is 1.84. The minimum atomic E-state index is 0.748. The van der Waals surface area contributed by atoms with Gasteiger partial charge in [0.05, 0.1) is 17.1 Å². The summed E-state index contributed by atoms with van der Waals surface area (Å²) in [7, 11) is 1.94. The van der Waals surface area contributed by atoms with Gasteiger partial charge >= 0.3 is 0 Å². The third-order valence-electron chi connectivity index (χ3n) is 3.17. The molecule has 0 unspecified atom stereocenters. The smallest absolute Gasteiger partial charge is 0.142 e. The summed E-state index contributed by atoms with van der Waals surface area (Å²) in [6.45, 7) is 3.58. The van der Waals surface area contributed by atoms with Crippen molar-refractivity contribution in [1.29, 1.82) is 0 Å². The minimum Gasteiger partial charge on any atom is -0.307 e. The second-order valence-electron chi connectivity index (χ2n) is 4.88. The SMILES string of the molecule is Cc1nn(C)cc1CNCc1csc(-c2ccccn2)n1. The van der Waals surface area contributed by atoms with Crippen LogP contribution in [0.25, 0.3) is 10.7 Å². The normalized spacial score (nSPS) is 11.0. The molecule has 0 bridgehead atoms. The number of nitrogens with zero attached hydrogens (tertiary/aromatic N) is 4. The first-order valence-electron chi connectivity index (χ1n) is 6.78. The fraction of sp³-hybridized carbons (Fsp3) is 0.267. The molecule has 108 valence electrons. The van der Waals surface area contributed by atoms with Crippen LogP contribution in [0.4, 0.5) is 0 Å². The fourth-order valence-electron chi connectivity index (χ4n) is 2.14. The van der Waals surface area contributed by atoms with Gasteiger partial charge in [0.15, 0.2) is 0 Å². The molecule has 0 spiro atoms. The highest BCUT2D eigenvalue weighted by Gasteiger charge is 2.06. The van der Waals surface area contributed by atoms with Gasteiger partial charge in [-0.25, -0.2) is 4.98 Å². The van der Waals surface area contributed by atoms with E-state index < -0.39 is 0 Å². The molecule has 1 N–H and O–H groups in total. The summed E-state index contributed by atoms with van der Waals surface area (Å²) in [6, 6.07) is 5.87. The second-order valence-corrected chi connectivity index (χ2v) is 5.73. The van der Waals surface area contributed by atoms with Gasteiger partial charge < -0.3 is 5.32 Å². The Morgan fingerprint density at radius 1 is 1.29 bits per heavy atom. The van der Waals surface area contributed by atoms with Gasteiger partial charge in [-0.3, -0.25) is 9.67 Å². The maximum absolute atomic E-state index is 4.61. The Morgan fingerprint density at radius 3 is 2.90 bits per heavy atom. The summed E-state index contributed by atoms with van der Waals surface area (Å²) in [6.07, 6.45) is 3.84. The van der Waals surface area contributed by atoms with E-state index in [-0.39, 0.29) is 0 Å². The van der Waals surface area contributed by atoms with E-state index >= 15 is 0 Å². The molecule has 0 atom stereocenters. The molecule has 0 aromatic carbocycles. The van der Waals surface area contributed by atoms with Gasteiger partial charge in [-0.1, -0.05) is 6.07 Å². The van der Waals surface area contributed by atoms with Gasteiger partial charge in [-0.2, -0.15) is 5.10 Å². The van der Waals surface area contributed by atoms with Crippen LogP contribution < -0.4 is 5.32 Å². The van der Waals surface area contributed by atoms with Crippen molar-refractivity contribution in [2.45, 2.75) is 20.0 Å². The average molecular weight is 299 g/mol. The van der Waals surface area contributed by atoms with E-state index in [2.05, 4.69) is 25.8 Å². The molecule has 5 nitrogen and oxygen atoms in total. The van der Waals surface area contributed by atoms with Crippen LogP contribution >= 0.6 is 11.3 Å². The lowest BCUT2D eigenvalue weighted by Crippen LogP contribution is -2.13. The Morgan fingerprint density at radius 2 is 2.19 bits per heavy atom. The fourth-order valence-corrected chi connectivity index (χ4v) is 2.94. The van der Waals surface area contributed by atoms with Crippen LogP contribution in [-0.2, 0) is 20.1 Å². The second kappa shape index (κ2) is 6.15. The lowest BCUT2D eigenvalue weighted by Gasteiger charge is -2.01. The van der Waals surface area contributed by atoms with Crippen molar-refractivity contribution in [1.82, 2.24) is 25.1 Å². The molecular formula is C15H17N5S. The first kappa shape index (κ1) is 13.9. The highest BCUT2D eigenvalue weighted by atomic mass is 32.1. The van der Waals surface area contributed by atoms with Crippen molar-refractivity contribution < 1.29 is 0 Å². The molecule has 6 heteroatoms. The van der Waals surface area contributed by atoms with Crippen LogP contribution in [0.15, 0.2) is 36.0 Å². The van der Waals surface area contributed by atoms with Gasteiger partial charge in [-0.05, 0) is 19.1 Å². The van der Waals surface area contributed by atoms with Crippen LogP contribution in [0.3, 0.4) is 0 Å². The van der Waals surface area contributed by atoms with Gasteiger partial charge in [0, 0.05) is 43.5 Å². The summed E-state index contributed by atoms with van der Waals surface area (Å²) in [5, 5.41) is 10.8. The predicted molar refractivity (Wildman–Crippen MR) is 83.8 cm³/mol. The molecule has 0 fully saturated rings. The standard InChI is InChI=1S/C15H17N5S/c1-11-12(9-20(2)19-11)7-16-8-13-10-21-15(18-13)14-5-3-4-6-17-14/h3-6,9-10,16H,7-8H2,1-2H3. The molecule has 0 aliphatic heterocycles. The summed E-state index contributed by atoms with van der Waals surface area (Å²) >= 11 is 1.63. The van der Waals surface area contributed by atoms with Gasteiger partial charge in [0.2, 0.25) is 0 Å². The molecule has 3 aromatic heterocycles. The molecule has 0 radical (unpaired) electrons. The Bertz CT molecular complexity index is 717. The third kappa shape index (κ3) is 3.34. The molecule has 3 rings (SSSR count).